The number of hydrogen-bond acceptors (Lipinski definition) is 3. The van der Waals surface area contributed by atoms with Crippen molar-refractivity contribution in [1.29, 1.82) is 0 Å². The highest BCUT2D eigenvalue weighted by Crippen LogP contribution is 2.24. The maximum atomic E-state index is 6.01. The summed E-state index contributed by atoms with van der Waals surface area (Å²) in [5.41, 5.74) is 7.70. The molecule has 0 bridgehead atoms. The van der Waals surface area contributed by atoms with Gasteiger partial charge in [0.15, 0.2) is 0 Å². The summed E-state index contributed by atoms with van der Waals surface area (Å²) < 4.78 is 6.01. The van der Waals surface area contributed by atoms with Gasteiger partial charge in [0.1, 0.15) is 11.9 Å². The van der Waals surface area contributed by atoms with Gasteiger partial charge in [-0.2, -0.15) is 0 Å². The van der Waals surface area contributed by atoms with Crippen LogP contribution < -0.4 is 10.5 Å². The summed E-state index contributed by atoms with van der Waals surface area (Å²) in [4.78, 5) is 2.34. The third-order valence-corrected chi connectivity index (χ3v) is 3.17. The molecule has 0 amide bonds. The summed E-state index contributed by atoms with van der Waals surface area (Å²) in [6.45, 7) is 4.29. The van der Waals surface area contributed by atoms with Crippen LogP contribution >= 0.6 is 0 Å². The Morgan fingerprint density at radius 3 is 2.69 bits per heavy atom. The molecule has 0 spiro atoms. The van der Waals surface area contributed by atoms with Crippen molar-refractivity contribution >= 4 is 5.69 Å². The quantitative estimate of drug-likeness (QED) is 0.775. The summed E-state index contributed by atoms with van der Waals surface area (Å²) >= 11 is 0. The molecule has 3 heteroatoms. The van der Waals surface area contributed by atoms with Crippen LogP contribution in [-0.2, 0) is 0 Å². The Bertz CT molecular complexity index is 357. The predicted molar refractivity (Wildman–Crippen MR) is 66.7 cm³/mol. The molecule has 1 saturated heterocycles. The lowest BCUT2D eigenvalue weighted by molar-refractivity contribution is 0.113. The van der Waals surface area contributed by atoms with Crippen LogP contribution in [0.4, 0.5) is 5.69 Å². The summed E-state index contributed by atoms with van der Waals surface area (Å²) in [7, 11) is 2.15. The third kappa shape index (κ3) is 2.67. The number of ether oxygens (including phenoxy) is 1. The van der Waals surface area contributed by atoms with E-state index in [0.29, 0.717) is 6.10 Å². The van der Waals surface area contributed by atoms with Gasteiger partial charge in [0.2, 0.25) is 0 Å². The standard InChI is InChI=1S/C13H20N2O/c1-10-3-4-11(14)9-13(10)16-12-5-7-15(2)8-6-12/h3-4,9,12H,5-8,14H2,1-2H3. The summed E-state index contributed by atoms with van der Waals surface area (Å²) in [6, 6.07) is 5.85. The van der Waals surface area contributed by atoms with Gasteiger partial charge in [0, 0.05) is 24.8 Å². The van der Waals surface area contributed by atoms with Crippen molar-refractivity contribution in [3.8, 4) is 5.75 Å². The maximum absolute atomic E-state index is 6.01. The van der Waals surface area contributed by atoms with Gasteiger partial charge >= 0.3 is 0 Å². The number of likely N-dealkylation sites (tertiary alicyclic amines) is 1. The highest BCUT2D eigenvalue weighted by atomic mass is 16.5. The fourth-order valence-corrected chi connectivity index (χ4v) is 2.03. The molecule has 16 heavy (non-hydrogen) atoms. The molecule has 0 saturated carbocycles. The predicted octanol–water partition coefficient (Wildman–Crippen LogP) is 2.05. The topological polar surface area (TPSA) is 38.5 Å². The maximum Gasteiger partial charge on any atom is 0.124 e. The number of anilines is 1. The third-order valence-electron chi connectivity index (χ3n) is 3.17. The molecule has 1 heterocycles. The number of hydrogen-bond donors (Lipinski definition) is 1. The monoisotopic (exact) mass is 220 g/mol. The van der Waals surface area contributed by atoms with Gasteiger partial charge in [-0.3, -0.25) is 0 Å². The molecule has 1 fully saturated rings. The largest absolute Gasteiger partial charge is 0.490 e. The van der Waals surface area contributed by atoms with Crippen LogP contribution in [0.25, 0.3) is 0 Å². The van der Waals surface area contributed by atoms with E-state index < -0.39 is 0 Å². The van der Waals surface area contributed by atoms with Gasteiger partial charge in [0.05, 0.1) is 0 Å². The van der Waals surface area contributed by atoms with Crippen LogP contribution in [0.15, 0.2) is 18.2 Å². The fourth-order valence-electron chi connectivity index (χ4n) is 2.03. The first-order valence-corrected chi connectivity index (χ1v) is 5.86. The van der Waals surface area contributed by atoms with Gasteiger partial charge in [-0.1, -0.05) is 6.07 Å². The number of nitrogens with two attached hydrogens (primary N) is 1. The highest BCUT2D eigenvalue weighted by molar-refractivity contribution is 5.48. The van der Waals surface area contributed by atoms with Crippen molar-refractivity contribution in [2.45, 2.75) is 25.9 Å². The number of aryl methyl sites for hydroxylation is 1. The van der Waals surface area contributed by atoms with E-state index in [0.717, 1.165) is 42.9 Å². The van der Waals surface area contributed by atoms with Gasteiger partial charge in [-0.15, -0.1) is 0 Å². The van der Waals surface area contributed by atoms with Crippen LogP contribution in [0.5, 0.6) is 5.75 Å². The van der Waals surface area contributed by atoms with Crippen LogP contribution in [0.1, 0.15) is 18.4 Å². The Hall–Kier alpha value is -1.22. The van der Waals surface area contributed by atoms with E-state index in [4.69, 9.17) is 10.5 Å². The minimum atomic E-state index is 0.344. The number of rotatable bonds is 2. The van der Waals surface area contributed by atoms with Crippen LogP contribution in [0.2, 0.25) is 0 Å². The molecule has 1 aliphatic rings. The normalized spacial score (nSPS) is 18.6. The zero-order valence-corrected chi connectivity index (χ0v) is 10.1. The Morgan fingerprint density at radius 2 is 2.00 bits per heavy atom. The van der Waals surface area contributed by atoms with Gasteiger partial charge in [0.25, 0.3) is 0 Å². The van der Waals surface area contributed by atoms with Crippen molar-refractivity contribution in [2.75, 3.05) is 25.9 Å². The molecular weight excluding hydrogens is 200 g/mol. The Labute approximate surface area is 97.2 Å². The molecule has 0 atom stereocenters. The first-order chi connectivity index (χ1) is 7.65. The van der Waals surface area contributed by atoms with Gasteiger partial charge < -0.3 is 15.4 Å². The molecule has 0 unspecified atom stereocenters. The molecule has 2 rings (SSSR count). The number of nitrogen functional groups attached to an aromatic ring is 1. The molecule has 88 valence electrons. The molecule has 0 aromatic heterocycles. The zero-order valence-electron chi connectivity index (χ0n) is 10.1. The van der Waals surface area contributed by atoms with E-state index in [-0.39, 0.29) is 0 Å². The zero-order chi connectivity index (χ0) is 11.5. The first kappa shape index (κ1) is 11.3. The van der Waals surface area contributed by atoms with E-state index >= 15 is 0 Å². The lowest BCUT2D eigenvalue weighted by Gasteiger charge is -2.29. The molecule has 0 aliphatic carbocycles. The fraction of sp³-hybridized carbons (Fsp3) is 0.538. The van der Waals surface area contributed by atoms with Crippen molar-refractivity contribution in [2.24, 2.45) is 0 Å². The molecule has 3 nitrogen and oxygen atoms in total. The van der Waals surface area contributed by atoms with E-state index in [2.05, 4.69) is 18.9 Å². The van der Waals surface area contributed by atoms with E-state index in [1.165, 1.54) is 0 Å². The van der Waals surface area contributed by atoms with Crippen molar-refractivity contribution in [1.82, 2.24) is 4.90 Å². The second kappa shape index (κ2) is 4.74. The smallest absolute Gasteiger partial charge is 0.124 e. The van der Waals surface area contributed by atoms with Crippen LogP contribution in [0.3, 0.4) is 0 Å². The van der Waals surface area contributed by atoms with Gasteiger partial charge in [-0.25, -0.2) is 0 Å². The molecule has 1 aromatic carbocycles. The van der Waals surface area contributed by atoms with E-state index in [1.54, 1.807) is 0 Å². The molecule has 2 N–H and O–H groups in total. The Kier molecular flexibility index (Phi) is 3.34. The highest BCUT2D eigenvalue weighted by Gasteiger charge is 2.18. The second-order valence-corrected chi connectivity index (χ2v) is 4.65. The lowest BCUT2D eigenvalue weighted by atomic mass is 10.1. The lowest BCUT2D eigenvalue weighted by Crippen LogP contribution is -2.35. The van der Waals surface area contributed by atoms with Crippen molar-refractivity contribution < 1.29 is 4.74 Å². The molecule has 1 aromatic rings. The van der Waals surface area contributed by atoms with Crippen LogP contribution in [-0.4, -0.2) is 31.1 Å². The first-order valence-electron chi connectivity index (χ1n) is 5.86. The Balaban J connectivity index is 2.00. The van der Waals surface area contributed by atoms with E-state index in [1.807, 2.05) is 18.2 Å². The van der Waals surface area contributed by atoms with Gasteiger partial charge in [-0.05, 0) is 38.4 Å². The van der Waals surface area contributed by atoms with E-state index in [9.17, 15) is 0 Å². The average molecular weight is 220 g/mol. The number of benzene rings is 1. The van der Waals surface area contributed by atoms with Crippen LogP contribution in [0, 0.1) is 6.92 Å². The van der Waals surface area contributed by atoms with Crippen molar-refractivity contribution in [3.63, 3.8) is 0 Å². The summed E-state index contributed by atoms with van der Waals surface area (Å²) in [5.74, 6) is 0.939. The number of piperidine rings is 1. The minimum absolute atomic E-state index is 0.344. The minimum Gasteiger partial charge on any atom is -0.490 e. The van der Waals surface area contributed by atoms with Crippen molar-refractivity contribution in [3.05, 3.63) is 23.8 Å². The molecular formula is C13H20N2O. The number of nitrogens with zero attached hydrogens (tertiary/aromatic N) is 1. The molecule has 1 aliphatic heterocycles. The second-order valence-electron chi connectivity index (χ2n) is 4.65. The Morgan fingerprint density at radius 1 is 1.31 bits per heavy atom. The average Bonchev–Trinajstić information content (AvgIpc) is 2.27. The SMILES string of the molecule is Cc1ccc(N)cc1OC1CCN(C)CC1. The summed E-state index contributed by atoms with van der Waals surface area (Å²) in [6.07, 6.45) is 2.55. The summed E-state index contributed by atoms with van der Waals surface area (Å²) in [5, 5.41) is 0. The molecule has 0 radical (unpaired) electrons.